The van der Waals surface area contributed by atoms with Gasteiger partial charge in [0.25, 0.3) is 0 Å². The number of fused-ring (bicyclic) bond motifs is 2. The van der Waals surface area contributed by atoms with E-state index in [0.717, 1.165) is 11.4 Å². The summed E-state index contributed by atoms with van der Waals surface area (Å²) in [5, 5.41) is 19.2. The molecule has 6 aromatic rings. The highest BCUT2D eigenvalue weighted by atomic mass is 32.1. The number of hydrogen-bond acceptors (Lipinski definition) is 2. The third-order valence-corrected chi connectivity index (χ3v) is 7.71. The molecule has 0 unspecified atom stereocenters. The largest absolute Gasteiger partial charge is 0.358 e. The summed E-state index contributed by atoms with van der Waals surface area (Å²) in [6.45, 7) is 1.26. The van der Waals surface area contributed by atoms with Crippen molar-refractivity contribution in [2.24, 2.45) is 0 Å². The Morgan fingerprint density at radius 1 is 0.452 bits per heavy atom. The van der Waals surface area contributed by atoms with Crippen molar-refractivity contribution in [3.05, 3.63) is 145 Å². The molecule has 6 heteroatoms. The van der Waals surface area contributed by atoms with Gasteiger partial charge in [-0.1, -0.05) is 97.1 Å². The fourth-order valence-corrected chi connectivity index (χ4v) is 5.47. The van der Waals surface area contributed by atoms with Gasteiger partial charge in [-0.2, -0.15) is 0 Å². The van der Waals surface area contributed by atoms with Gasteiger partial charge in [0, 0.05) is 24.5 Å². The molecule has 0 aliphatic rings. The third kappa shape index (κ3) is 6.57. The van der Waals surface area contributed by atoms with Gasteiger partial charge in [-0.05, 0) is 105 Å². The van der Waals surface area contributed by atoms with Crippen LogP contribution in [-0.2, 0) is 13.1 Å². The molecule has 6 aromatic carbocycles. The van der Waals surface area contributed by atoms with Gasteiger partial charge in [0.2, 0.25) is 0 Å². The first kappa shape index (κ1) is 27.4. The van der Waals surface area contributed by atoms with E-state index in [0.29, 0.717) is 23.3 Å². The first-order valence-electron chi connectivity index (χ1n) is 13.9. The highest BCUT2D eigenvalue weighted by Crippen LogP contribution is 2.30. The van der Waals surface area contributed by atoms with Gasteiger partial charge < -0.3 is 21.3 Å². The zero-order valence-electron chi connectivity index (χ0n) is 22.9. The second kappa shape index (κ2) is 12.8. The smallest absolute Gasteiger partial charge is 0.171 e. The van der Waals surface area contributed by atoms with Crippen LogP contribution < -0.4 is 21.3 Å². The lowest BCUT2D eigenvalue weighted by Gasteiger charge is -2.14. The van der Waals surface area contributed by atoms with E-state index >= 15 is 0 Å². The van der Waals surface area contributed by atoms with E-state index in [2.05, 4.69) is 94.1 Å². The average molecular weight is 583 g/mol. The summed E-state index contributed by atoms with van der Waals surface area (Å²) in [7, 11) is 0. The molecule has 0 aromatic heterocycles. The van der Waals surface area contributed by atoms with Gasteiger partial charge in [-0.15, -0.1) is 0 Å². The molecule has 0 bridgehead atoms. The van der Waals surface area contributed by atoms with Crippen molar-refractivity contribution in [3.63, 3.8) is 0 Å². The quantitative estimate of drug-likeness (QED) is 0.141. The molecule has 0 atom stereocenters. The zero-order chi connectivity index (χ0) is 28.7. The van der Waals surface area contributed by atoms with Gasteiger partial charge in [0.15, 0.2) is 10.2 Å². The van der Waals surface area contributed by atoms with Gasteiger partial charge in [0.05, 0.1) is 0 Å². The highest BCUT2D eigenvalue weighted by Gasteiger charge is 2.08. The molecule has 0 aliphatic carbocycles. The van der Waals surface area contributed by atoms with Crippen molar-refractivity contribution in [1.82, 2.24) is 10.6 Å². The topological polar surface area (TPSA) is 48.1 Å². The Kier molecular flexibility index (Phi) is 8.36. The third-order valence-electron chi connectivity index (χ3n) is 7.22. The summed E-state index contributed by atoms with van der Waals surface area (Å²) in [6.07, 6.45) is 0. The van der Waals surface area contributed by atoms with Crippen LogP contribution in [0.3, 0.4) is 0 Å². The number of rotatable bonds is 7. The van der Waals surface area contributed by atoms with E-state index in [1.165, 1.54) is 43.8 Å². The lowest BCUT2D eigenvalue weighted by molar-refractivity contribution is 0.934. The van der Waals surface area contributed by atoms with Crippen LogP contribution in [0.25, 0.3) is 32.7 Å². The minimum atomic E-state index is 0.600. The number of benzene rings is 6. The summed E-state index contributed by atoms with van der Waals surface area (Å²) in [6, 6.07) is 46.1. The van der Waals surface area contributed by atoms with Crippen molar-refractivity contribution in [3.8, 4) is 11.1 Å². The molecular formula is C36H30N4S2. The van der Waals surface area contributed by atoms with E-state index in [-0.39, 0.29) is 0 Å². The summed E-state index contributed by atoms with van der Waals surface area (Å²) >= 11 is 11.1. The lowest BCUT2D eigenvalue weighted by atomic mass is 9.95. The monoisotopic (exact) mass is 582 g/mol. The Hall–Kier alpha value is -4.78. The fourth-order valence-electron chi connectivity index (χ4n) is 5.09. The van der Waals surface area contributed by atoms with Crippen LogP contribution in [0.15, 0.2) is 133 Å². The zero-order valence-corrected chi connectivity index (χ0v) is 24.6. The normalized spacial score (nSPS) is 10.8. The van der Waals surface area contributed by atoms with Gasteiger partial charge in [-0.25, -0.2) is 0 Å². The van der Waals surface area contributed by atoms with Crippen LogP contribution in [0, 0.1) is 0 Å². The van der Waals surface area contributed by atoms with Crippen LogP contribution in [0.1, 0.15) is 11.1 Å². The van der Waals surface area contributed by atoms with Crippen LogP contribution in [0.2, 0.25) is 0 Å². The molecule has 6 rings (SSSR count). The maximum absolute atomic E-state index is 5.55. The molecule has 0 saturated carbocycles. The van der Waals surface area contributed by atoms with Crippen molar-refractivity contribution in [1.29, 1.82) is 0 Å². The predicted octanol–water partition coefficient (Wildman–Crippen LogP) is 8.63. The minimum absolute atomic E-state index is 0.600. The van der Waals surface area contributed by atoms with Crippen molar-refractivity contribution < 1.29 is 0 Å². The summed E-state index contributed by atoms with van der Waals surface area (Å²) in [5.74, 6) is 0. The Balaban J connectivity index is 1.21. The van der Waals surface area contributed by atoms with E-state index in [1.54, 1.807) is 0 Å². The highest BCUT2D eigenvalue weighted by molar-refractivity contribution is 7.80. The summed E-state index contributed by atoms with van der Waals surface area (Å²) in [4.78, 5) is 0. The number of nitrogens with one attached hydrogen (secondary N) is 4. The molecular weight excluding hydrogens is 553 g/mol. The number of hydrogen-bond donors (Lipinski definition) is 4. The van der Waals surface area contributed by atoms with E-state index in [9.17, 15) is 0 Å². The molecule has 0 heterocycles. The first-order chi connectivity index (χ1) is 20.6. The van der Waals surface area contributed by atoms with Crippen LogP contribution in [0.4, 0.5) is 11.4 Å². The SMILES string of the molecule is S=C(NCc1cccc2ccc(-c3ccc4cccc(CNC(=S)Nc5ccccc5)c4c3)cc12)Nc1ccccc1. The minimum Gasteiger partial charge on any atom is -0.358 e. The molecule has 4 N–H and O–H groups in total. The molecule has 42 heavy (non-hydrogen) atoms. The summed E-state index contributed by atoms with van der Waals surface area (Å²) < 4.78 is 0. The number of thiocarbonyl (C=S) groups is 2. The first-order valence-corrected chi connectivity index (χ1v) is 14.7. The average Bonchev–Trinajstić information content (AvgIpc) is 3.03. The van der Waals surface area contributed by atoms with Crippen molar-refractivity contribution in [2.75, 3.05) is 10.6 Å². The molecule has 4 nitrogen and oxygen atoms in total. The van der Waals surface area contributed by atoms with Gasteiger partial charge in [0.1, 0.15) is 0 Å². The standard InChI is InChI=1S/C36H30N4S2/c41-35(39-31-13-3-1-4-14-31)37-23-29-11-7-9-25-17-19-27(21-33(25)29)28-20-18-26-10-8-12-30(34(26)22-28)24-38-36(42)40-32-15-5-2-6-16-32/h1-22H,23-24H2,(H2,37,39,41)(H2,38,40,42). The van der Waals surface area contributed by atoms with E-state index in [1.807, 2.05) is 60.7 Å². The van der Waals surface area contributed by atoms with Crippen LogP contribution >= 0.6 is 24.4 Å². The second-order valence-electron chi connectivity index (χ2n) is 10.1. The molecule has 206 valence electrons. The van der Waals surface area contributed by atoms with E-state index in [4.69, 9.17) is 24.4 Å². The molecule has 0 aliphatic heterocycles. The Morgan fingerprint density at radius 2 is 0.881 bits per heavy atom. The molecule has 0 spiro atoms. The molecule has 0 amide bonds. The number of anilines is 2. The lowest BCUT2D eigenvalue weighted by Crippen LogP contribution is -2.27. The van der Waals surface area contributed by atoms with Gasteiger partial charge in [-0.3, -0.25) is 0 Å². The van der Waals surface area contributed by atoms with Gasteiger partial charge >= 0.3 is 0 Å². The fraction of sp³-hybridized carbons (Fsp3) is 0.0556. The summed E-state index contributed by atoms with van der Waals surface area (Å²) in [5.41, 5.74) is 6.66. The maximum Gasteiger partial charge on any atom is 0.171 e. The van der Waals surface area contributed by atoms with Crippen LogP contribution in [0.5, 0.6) is 0 Å². The van der Waals surface area contributed by atoms with Crippen molar-refractivity contribution in [2.45, 2.75) is 13.1 Å². The number of para-hydroxylation sites is 2. The maximum atomic E-state index is 5.55. The van der Waals surface area contributed by atoms with E-state index < -0.39 is 0 Å². The van der Waals surface area contributed by atoms with Crippen molar-refractivity contribution >= 4 is 67.6 Å². The molecule has 0 saturated heterocycles. The molecule has 0 fully saturated rings. The predicted molar refractivity (Wildman–Crippen MR) is 186 cm³/mol. The Morgan fingerprint density at radius 3 is 1.31 bits per heavy atom. The van der Waals surface area contributed by atoms with Crippen LogP contribution in [-0.4, -0.2) is 10.2 Å². The second-order valence-corrected chi connectivity index (χ2v) is 10.9. The molecule has 0 radical (unpaired) electrons. The Labute approximate surface area is 256 Å². The Bertz CT molecular complexity index is 1730.